The number of fused-ring (bicyclic) bond motifs is 1. The van der Waals surface area contributed by atoms with Crippen LogP contribution in [0.5, 0.6) is 0 Å². The molecule has 86 valence electrons. The maximum absolute atomic E-state index is 9.81. The maximum atomic E-state index is 9.81. The Balaban J connectivity index is 1.59. The number of nitrogens with one attached hydrogen (secondary N) is 1. The van der Waals surface area contributed by atoms with Crippen LogP contribution < -0.4 is 5.32 Å². The van der Waals surface area contributed by atoms with Crippen LogP contribution in [0.15, 0.2) is 0 Å². The average Bonchev–Trinajstić information content (AvgIpc) is 2.86. The van der Waals surface area contributed by atoms with Crippen LogP contribution in [-0.2, 0) is 0 Å². The smallest absolute Gasteiger partial charge is 0.0693 e. The molecule has 0 spiro atoms. The molecule has 1 saturated carbocycles. The fourth-order valence-corrected chi connectivity index (χ4v) is 3.69. The first-order chi connectivity index (χ1) is 7.34. The van der Waals surface area contributed by atoms with Crippen LogP contribution in [0.1, 0.15) is 38.5 Å². The molecule has 0 aromatic heterocycles. The molecule has 4 unspecified atom stereocenters. The molecule has 2 aliphatic heterocycles. The molecule has 0 bridgehead atoms. The molecule has 2 saturated heterocycles. The van der Waals surface area contributed by atoms with Gasteiger partial charge in [-0.1, -0.05) is 0 Å². The summed E-state index contributed by atoms with van der Waals surface area (Å²) >= 11 is 0. The monoisotopic (exact) mass is 210 g/mol. The minimum atomic E-state index is -0.0829. The molecular weight excluding hydrogens is 188 g/mol. The summed E-state index contributed by atoms with van der Waals surface area (Å²) in [6, 6.07) is 1.82. The van der Waals surface area contributed by atoms with Crippen molar-refractivity contribution in [1.82, 2.24) is 10.2 Å². The van der Waals surface area contributed by atoms with Crippen LogP contribution in [-0.4, -0.2) is 47.3 Å². The SMILES string of the molecule is OC1CCCC1NC1CCN2CCCC12. The normalized spacial score (nSPS) is 46.2. The van der Waals surface area contributed by atoms with Crippen LogP contribution in [0.2, 0.25) is 0 Å². The van der Waals surface area contributed by atoms with E-state index < -0.39 is 0 Å². The molecule has 0 aromatic carbocycles. The lowest BCUT2D eigenvalue weighted by Crippen LogP contribution is -2.47. The Morgan fingerprint density at radius 3 is 2.67 bits per heavy atom. The van der Waals surface area contributed by atoms with E-state index in [9.17, 15) is 5.11 Å². The predicted octanol–water partition coefficient (Wildman–Crippen LogP) is 0.726. The molecule has 0 aromatic rings. The van der Waals surface area contributed by atoms with Gasteiger partial charge in [-0.15, -0.1) is 0 Å². The van der Waals surface area contributed by atoms with E-state index in [1.807, 2.05) is 0 Å². The van der Waals surface area contributed by atoms with E-state index in [1.54, 1.807) is 0 Å². The topological polar surface area (TPSA) is 35.5 Å². The molecule has 15 heavy (non-hydrogen) atoms. The van der Waals surface area contributed by atoms with Gasteiger partial charge < -0.3 is 10.4 Å². The van der Waals surface area contributed by atoms with Crippen LogP contribution in [0, 0.1) is 0 Å². The van der Waals surface area contributed by atoms with E-state index in [-0.39, 0.29) is 6.10 Å². The van der Waals surface area contributed by atoms with Crippen molar-refractivity contribution in [2.24, 2.45) is 0 Å². The minimum Gasteiger partial charge on any atom is -0.392 e. The summed E-state index contributed by atoms with van der Waals surface area (Å²) in [7, 11) is 0. The highest BCUT2D eigenvalue weighted by molar-refractivity contribution is 4.98. The van der Waals surface area contributed by atoms with E-state index in [1.165, 1.54) is 45.2 Å². The second-order valence-electron chi connectivity index (χ2n) is 5.41. The quantitative estimate of drug-likeness (QED) is 0.705. The van der Waals surface area contributed by atoms with E-state index in [4.69, 9.17) is 0 Å². The Labute approximate surface area is 91.8 Å². The summed E-state index contributed by atoms with van der Waals surface area (Å²) in [5.74, 6) is 0. The second kappa shape index (κ2) is 4.04. The Hall–Kier alpha value is -0.120. The fraction of sp³-hybridized carbons (Fsp3) is 1.00. The van der Waals surface area contributed by atoms with E-state index in [0.717, 1.165) is 12.5 Å². The van der Waals surface area contributed by atoms with Gasteiger partial charge in [-0.25, -0.2) is 0 Å². The zero-order valence-electron chi connectivity index (χ0n) is 9.36. The van der Waals surface area contributed by atoms with E-state index in [0.29, 0.717) is 12.1 Å². The third kappa shape index (κ3) is 1.81. The van der Waals surface area contributed by atoms with Gasteiger partial charge in [-0.05, 0) is 45.1 Å². The van der Waals surface area contributed by atoms with Crippen molar-refractivity contribution in [2.75, 3.05) is 13.1 Å². The Bertz CT molecular complexity index is 234. The predicted molar refractivity (Wildman–Crippen MR) is 59.8 cm³/mol. The molecule has 4 atom stereocenters. The summed E-state index contributed by atoms with van der Waals surface area (Å²) in [6.45, 7) is 2.57. The zero-order valence-corrected chi connectivity index (χ0v) is 9.36. The number of aliphatic hydroxyl groups is 1. The standard InChI is InChI=1S/C12H22N2O/c15-12-5-1-3-10(12)13-9-6-8-14-7-2-4-11(9)14/h9-13,15H,1-8H2. The Morgan fingerprint density at radius 1 is 0.933 bits per heavy atom. The number of hydrogen-bond donors (Lipinski definition) is 2. The third-order valence-corrected chi connectivity index (χ3v) is 4.51. The summed E-state index contributed by atoms with van der Waals surface area (Å²) in [4.78, 5) is 2.62. The summed E-state index contributed by atoms with van der Waals surface area (Å²) in [5.41, 5.74) is 0. The average molecular weight is 210 g/mol. The van der Waals surface area contributed by atoms with Gasteiger partial charge in [0.25, 0.3) is 0 Å². The van der Waals surface area contributed by atoms with Crippen molar-refractivity contribution in [3.8, 4) is 0 Å². The highest BCUT2D eigenvalue weighted by Crippen LogP contribution is 2.29. The fourth-order valence-electron chi connectivity index (χ4n) is 3.69. The van der Waals surface area contributed by atoms with Gasteiger partial charge in [-0.3, -0.25) is 4.90 Å². The van der Waals surface area contributed by atoms with Gasteiger partial charge in [0.05, 0.1) is 6.10 Å². The largest absolute Gasteiger partial charge is 0.392 e. The van der Waals surface area contributed by atoms with Gasteiger partial charge in [0.15, 0.2) is 0 Å². The minimum absolute atomic E-state index is 0.0829. The summed E-state index contributed by atoms with van der Waals surface area (Å²) in [5, 5.41) is 13.5. The summed E-state index contributed by atoms with van der Waals surface area (Å²) < 4.78 is 0. The molecule has 3 heteroatoms. The van der Waals surface area contributed by atoms with Crippen molar-refractivity contribution in [1.29, 1.82) is 0 Å². The molecule has 2 N–H and O–H groups in total. The molecule has 0 radical (unpaired) electrons. The highest BCUT2D eigenvalue weighted by Gasteiger charge is 2.39. The number of aliphatic hydroxyl groups excluding tert-OH is 1. The van der Waals surface area contributed by atoms with Crippen LogP contribution >= 0.6 is 0 Å². The molecule has 2 heterocycles. The van der Waals surface area contributed by atoms with Crippen molar-refractivity contribution in [3.63, 3.8) is 0 Å². The van der Waals surface area contributed by atoms with Crippen molar-refractivity contribution in [2.45, 2.75) is 62.8 Å². The molecule has 3 nitrogen and oxygen atoms in total. The number of nitrogens with zero attached hydrogens (tertiary/aromatic N) is 1. The number of rotatable bonds is 2. The van der Waals surface area contributed by atoms with Gasteiger partial charge in [0.2, 0.25) is 0 Å². The van der Waals surface area contributed by atoms with Gasteiger partial charge >= 0.3 is 0 Å². The third-order valence-electron chi connectivity index (χ3n) is 4.51. The lowest BCUT2D eigenvalue weighted by molar-refractivity contribution is 0.139. The van der Waals surface area contributed by atoms with E-state index in [2.05, 4.69) is 10.2 Å². The van der Waals surface area contributed by atoms with Crippen LogP contribution in [0.4, 0.5) is 0 Å². The van der Waals surface area contributed by atoms with Crippen LogP contribution in [0.25, 0.3) is 0 Å². The molecule has 0 amide bonds. The zero-order chi connectivity index (χ0) is 10.3. The highest BCUT2D eigenvalue weighted by atomic mass is 16.3. The first-order valence-electron chi connectivity index (χ1n) is 6.53. The number of hydrogen-bond acceptors (Lipinski definition) is 3. The van der Waals surface area contributed by atoms with Gasteiger partial charge in [-0.2, -0.15) is 0 Å². The first-order valence-corrected chi connectivity index (χ1v) is 6.53. The van der Waals surface area contributed by atoms with E-state index >= 15 is 0 Å². The molecule has 3 rings (SSSR count). The molecule has 3 fully saturated rings. The molecule has 3 aliphatic rings. The Morgan fingerprint density at radius 2 is 1.87 bits per heavy atom. The Kier molecular flexibility index (Phi) is 2.71. The van der Waals surface area contributed by atoms with Crippen molar-refractivity contribution >= 4 is 0 Å². The van der Waals surface area contributed by atoms with Crippen molar-refractivity contribution < 1.29 is 5.11 Å². The molecular formula is C12H22N2O. The lowest BCUT2D eigenvalue weighted by atomic mass is 10.0. The van der Waals surface area contributed by atoms with Gasteiger partial charge in [0.1, 0.15) is 0 Å². The maximum Gasteiger partial charge on any atom is 0.0693 e. The second-order valence-corrected chi connectivity index (χ2v) is 5.41. The summed E-state index contributed by atoms with van der Waals surface area (Å²) in [6.07, 6.45) is 7.30. The lowest BCUT2D eigenvalue weighted by Gasteiger charge is -2.26. The van der Waals surface area contributed by atoms with Crippen LogP contribution in [0.3, 0.4) is 0 Å². The van der Waals surface area contributed by atoms with Crippen molar-refractivity contribution in [3.05, 3.63) is 0 Å². The van der Waals surface area contributed by atoms with Gasteiger partial charge in [0, 0.05) is 24.7 Å². The first kappa shape index (κ1) is 10.1. The molecule has 1 aliphatic carbocycles.